The molecule has 4 rings (SSSR count). The number of carbonyl (C=O) groups is 1. The zero-order valence-electron chi connectivity index (χ0n) is 15.3. The first-order valence-corrected chi connectivity index (χ1v) is 8.88. The zero-order valence-corrected chi connectivity index (χ0v) is 15.3. The number of nitrogens with zero attached hydrogens (tertiary/aromatic N) is 2. The van der Waals surface area contributed by atoms with Crippen LogP contribution in [0.3, 0.4) is 0 Å². The summed E-state index contributed by atoms with van der Waals surface area (Å²) in [7, 11) is 1.60. The lowest BCUT2D eigenvalue weighted by Crippen LogP contribution is -2.16. The van der Waals surface area contributed by atoms with E-state index in [1.54, 1.807) is 25.3 Å². The van der Waals surface area contributed by atoms with Gasteiger partial charge in [-0.15, -0.1) is 0 Å². The fourth-order valence-electron chi connectivity index (χ4n) is 2.80. The van der Waals surface area contributed by atoms with E-state index in [0.29, 0.717) is 54.3 Å². The number of amides is 1. The number of nitrogens with one attached hydrogen (secondary N) is 1. The third-order valence-corrected chi connectivity index (χ3v) is 4.19. The highest BCUT2D eigenvalue weighted by atomic mass is 16.6. The lowest BCUT2D eigenvalue weighted by atomic mass is 10.2. The molecular formula is C20H19N3O5. The molecule has 0 radical (unpaired) electrons. The minimum Gasteiger partial charge on any atom is -0.497 e. The van der Waals surface area contributed by atoms with Crippen LogP contribution in [0, 0.1) is 0 Å². The molecule has 0 saturated carbocycles. The minimum absolute atomic E-state index is 0.155. The van der Waals surface area contributed by atoms with E-state index >= 15 is 0 Å². The summed E-state index contributed by atoms with van der Waals surface area (Å²) in [6.07, 6.45) is 0.557. The molecule has 0 unspecified atom stereocenters. The van der Waals surface area contributed by atoms with Crippen molar-refractivity contribution in [3.63, 3.8) is 0 Å². The van der Waals surface area contributed by atoms with Crippen molar-refractivity contribution in [2.75, 3.05) is 25.6 Å². The standard InChI is InChI=1S/C20H19N3O5/c1-25-15-4-2-3-13(11-15)20-22-19(28-23-20)8-7-18(24)21-14-5-6-16-17(12-14)27-10-9-26-16/h2-6,11-12H,7-10H2,1H3,(H,21,24). The van der Waals surface area contributed by atoms with Crippen LogP contribution in [0.25, 0.3) is 11.4 Å². The largest absolute Gasteiger partial charge is 0.497 e. The summed E-state index contributed by atoms with van der Waals surface area (Å²) in [4.78, 5) is 16.6. The molecule has 8 heteroatoms. The number of benzene rings is 2. The summed E-state index contributed by atoms with van der Waals surface area (Å²) in [6, 6.07) is 12.7. The van der Waals surface area contributed by atoms with Gasteiger partial charge in [0.25, 0.3) is 0 Å². The summed E-state index contributed by atoms with van der Waals surface area (Å²) in [5.74, 6) is 2.72. The Morgan fingerprint density at radius 1 is 1.14 bits per heavy atom. The summed E-state index contributed by atoms with van der Waals surface area (Å²) in [5.41, 5.74) is 1.44. The monoisotopic (exact) mass is 381 g/mol. The Balaban J connectivity index is 1.34. The smallest absolute Gasteiger partial charge is 0.227 e. The first-order chi connectivity index (χ1) is 13.7. The van der Waals surface area contributed by atoms with Gasteiger partial charge in [0.2, 0.25) is 17.6 Å². The number of rotatable bonds is 6. The maximum atomic E-state index is 12.2. The second kappa shape index (κ2) is 7.99. The van der Waals surface area contributed by atoms with E-state index in [9.17, 15) is 4.79 Å². The van der Waals surface area contributed by atoms with Crippen molar-refractivity contribution in [2.45, 2.75) is 12.8 Å². The van der Waals surface area contributed by atoms with Gasteiger partial charge in [0.05, 0.1) is 7.11 Å². The van der Waals surface area contributed by atoms with Crippen molar-refractivity contribution in [1.29, 1.82) is 0 Å². The predicted octanol–water partition coefficient (Wildman–Crippen LogP) is 3.09. The highest BCUT2D eigenvalue weighted by Gasteiger charge is 2.14. The normalized spacial score (nSPS) is 12.5. The van der Waals surface area contributed by atoms with Gasteiger partial charge >= 0.3 is 0 Å². The lowest BCUT2D eigenvalue weighted by molar-refractivity contribution is -0.116. The van der Waals surface area contributed by atoms with Crippen molar-refractivity contribution in [3.05, 3.63) is 48.4 Å². The third kappa shape index (κ3) is 4.06. The molecule has 1 aliphatic rings. The van der Waals surface area contributed by atoms with Gasteiger partial charge < -0.3 is 24.1 Å². The number of methoxy groups -OCH3 is 1. The van der Waals surface area contributed by atoms with Gasteiger partial charge in [0, 0.05) is 30.2 Å². The van der Waals surface area contributed by atoms with Crippen LogP contribution in [0.5, 0.6) is 17.2 Å². The predicted molar refractivity (Wildman–Crippen MR) is 101 cm³/mol. The molecule has 2 aromatic carbocycles. The van der Waals surface area contributed by atoms with Gasteiger partial charge in [-0.25, -0.2) is 0 Å². The lowest BCUT2D eigenvalue weighted by Gasteiger charge is -2.18. The SMILES string of the molecule is COc1cccc(-c2noc(CCC(=O)Nc3ccc4c(c3)OCCO4)n2)c1. The van der Waals surface area contributed by atoms with Crippen LogP contribution in [0.1, 0.15) is 12.3 Å². The Morgan fingerprint density at radius 3 is 2.86 bits per heavy atom. The summed E-state index contributed by atoms with van der Waals surface area (Å²) in [6.45, 7) is 1.03. The van der Waals surface area contributed by atoms with Gasteiger partial charge in [-0.3, -0.25) is 4.79 Å². The van der Waals surface area contributed by atoms with Crippen molar-refractivity contribution in [3.8, 4) is 28.6 Å². The third-order valence-electron chi connectivity index (χ3n) is 4.19. The molecule has 0 fully saturated rings. The maximum absolute atomic E-state index is 12.2. The fraction of sp³-hybridized carbons (Fsp3) is 0.250. The van der Waals surface area contributed by atoms with Crippen LogP contribution >= 0.6 is 0 Å². The Kier molecular flexibility index (Phi) is 5.09. The van der Waals surface area contributed by atoms with Crippen LogP contribution in [0.4, 0.5) is 5.69 Å². The van der Waals surface area contributed by atoms with Gasteiger partial charge in [0.1, 0.15) is 19.0 Å². The number of aromatic nitrogens is 2. The van der Waals surface area contributed by atoms with Gasteiger partial charge in [-0.2, -0.15) is 4.98 Å². The van der Waals surface area contributed by atoms with Crippen molar-refractivity contribution in [1.82, 2.24) is 10.1 Å². The van der Waals surface area contributed by atoms with E-state index in [-0.39, 0.29) is 12.3 Å². The molecule has 1 amide bonds. The maximum Gasteiger partial charge on any atom is 0.227 e. The quantitative estimate of drug-likeness (QED) is 0.701. The topological polar surface area (TPSA) is 95.7 Å². The first-order valence-electron chi connectivity index (χ1n) is 8.88. The van der Waals surface area contributed by atoms with Gasteiger partial charge in [-0.1, -0.05) is 17.3 Å². The summed E-state index contributed by atoms with van der Waals surface area (Å²) in [5, 5.41) is 6.80. The van der Waals surface area contributed by atoms with E-state index in [1.807, 2.05) is 24.3 Å². The molecule has 1 N–H and O–H groups in total. The van der Waals surface area contributed by atoms with E-state index < -0.39 is 0 Å². The second-order valence-electron chi connectivity index (χ2n) is 6.15. The summed E-state index contributed by atoms with van der Waals surface area (Å²) >= 11 is 0. The number of hydrogen-bond donors (Lipinski definition) is 1. The van der Waals surface area contributed by atoms with Crippen LogP contribution in [-0.4, -0.2) is 36.4 Å². The number of aryl methyl sites for hydroxylation is 1. The van der Waals surface area contributed by atoms with Gasteiger partial charge in [0.15, 0.2) is 11.5 Å². The molecular weight excluding hydrogens is 362 g/mol. The van der Waals surface area contributed by atoms with Crippen LogP contribution in [0.2, 0.25) is 0 Å². The van der Waals surface area contributed by atoms with Crippen LogP contribution in [0.15, 0.2) is 47.0 Å². The van der Waals surface area contributed by atoms with E-state index in [4.69, 9.17) is 18.7 Å². The van der Waals surface area contributed by atoms with Crippen LogP contribution < -0.4 is 19.5 Å². The average molecular weight is 381 g/mol. The molecule has 28 heavy (non-hydrogen) atoms. The molecule has 2 heterocycles. The van der Waals surface area contributed by atoms with E-state index in [2.05, 4.69) is 15.5 Å². The van der Waals surface area contributed by atoms with Crippen LogP contribution in [-0.2, 0) is 11.2 Å². The number of carbonyl (C=O) groups excluding carboxylic acids is 1. The Labute approximate surface area is 161 Å². The fourth-order valence-corrected chi connectivity index (χ4v) is 2.80. The minimum atomic E-state index is -0.155. The molecule has 144 valence electrons. The van der Waals surface area contributed by atoms with Crippen molar-refractivity contribution < 1.29 is 23.5 Å². The molecule has 0 saturated heterocycles. The molecule has 0 aliphatic carbocycles. The highest BCUT2D eigenvalue weighted by Crippen LogP contribution is 2.32. The second-order valence-corrected chi connectivity index (χ2v) is 6.15. The van der Waals surface area contributed by atoms with E-state index in [0.717, 1.165) is 5.56 Å². The molecule has 0 bridgehead atoms. The molecule has 0 spiro atoms. The van der Waals surface area contributed by atoms with E-state index in [1.165, 1.54) is 0 Å². The molecule has 8 nitrogen and oxygen atoms in total. The Morgan fingerprint density at radius 2 is 2.00 bits per heavy atom. The number of fused-ring (bicyclic) bond motifs is 1. The number of anilines is 1. The average Bonchev–Trinajstić information content (AvgIpc) is 3.21. The Bertz CT molecular complexity index is 985. The number of hydrogen-bond acceptors (Lipinski definition) is 7. The first kappa shape index (κ1) is 17.8. The summed E-state index contributed by atoms with van der Waals surface area (Å²) < 4.78 is 21.4. The highest BCUT2D eigenvalue weighted by molar-refractivity contribution is 5.91. The Hall–Kier alpha value is -3.55. The molecule has 3 aromatic rings. The molecule has 0 atom stereocenters. The molecule has 1 aromatic heterocycles. The molecule has 1 aliphatic heterocycles. The zero-order chi connectivity index (χ0) is 19.3. The van der Waals surface area contributed by atoms with Crippen molar-refractivity contribution in [2.24, 2.45) is 0 Å². The van der Waals surface area contributed by atoms with Gasteiger partial charge in [-0.05, 0) is 24.3 Å². The van der Waals surface area contributed by atoms with Crippen molar-refractivity contribution >= 4 is 11.6 Å². The number of ether oxygens (including phenoxy) is 3.